The molecular weight excluding hydrogens is 599 g/mol. The SMILES string of the molecule is C[C@H]1[C@@H](CN(C)[C@@H](C)[C@H](O)c2ccccc2)O[C@@H](c2ccc(CNC(=O)C(Cl)(Cl)Cl)cc2)O[C@H]1c1ccc(CO)cc1. The van der Waals surface area contributed by atoms with E-state index in [2.05, 4.69) is 17.1 Å². The number of halogens is 3. The molecule has 226 valence electrons. The third-order valence-corrected chi connectivity index (χ3v) is 8.36. The van der Waals surface area contributed by atoms with E-state index in [0.717, 1.165) is 27.8 Å². The normalized spacial score (nSPS) is 22.5. The van der Waals surface area contributed by atoms with E-state index in [0.29, 0.717) is 6.54 Å². The molecule has 1 heterocycles. The van der Waals surface area contributed by atoms with Crippen LogP contribution in [-0.4, -0.2) is 50.6 Å². The number of hydrogen-bond acceptors (Lipinski definition) is 6. The molecule has 0 bridgehead atoms. The fourth-order valence-corrected chi connectivity index (χ4v) is 5.22. The van der Waals surface area contributed by atoms with Crippen LogP contribution in [0.5, 0.6) is 0 Å². The van der Waals surface area contributed by atoms with Crippen molar-refractivity contribution in [3.05, 3.63) is 107 Å². The van der Waals surface area contributed by atoms with Gasteiger partial charge in [-0.05, 0) is 36.2 Å². The fraction of sp³-hybridized carbons (Fsp3) is 0.406. The first-order valence-electron chi connectivity index (χ1n) is 13.9. The van der Waals surface area contributed by atoms with Crippen molar-refractivity contribution in [3.8, 4) is 0 Å². The van der Waals surface area contributed by atoms with Crippen molar-refractivity contribution in [3.63, 3.8) is 0 Å². The van der Waals surface area contributed by atoms with Crippen molar-refractivity contribution in [2.24, 2.45) is 5.92 Å². The minimum absolute atomic E-state index is 0.0128. The van der Waals surface area contributed by atoms with Gasteiger partial charge in [-0.3, -0.25) is 9.69 Å². The molecule has 7 nitrogen and oxygen atoms in total. The van der Waals surface area contributed by atoms with Gasteiger partial charge in [-0.15, -0.1) is 0 Å². The standard InChI is InChI=1S/C32H37Cl3N2O5/c1-20-27(18-37(3)21(2)28(39)24-7-5-4-6-8-24)41-30(42-29(20)25-13-11-23(19-38)12-14-25)26-15-9-22(10-16-26)17-36-31(40)32(33,34)35/h4-16,20-21,27-30,38-39H,17-19H2,1-3H3,(H,36,40)/t20-,21-,27+,28-,29+,30+/m0/s1. The van der Waals surface area contributed by atoms with Crippen LogP contribution in [0.3, 0.4) is 0 Å². The van der Waals surface area contributed by atoms with Gasteiger partial charge in [0.15, 0.2) is 6.29 Å². The molecule has 4 rings (SSSR count). The second-order valence-electron chi connectivity index (χ2n) is 10.8. The monoisotopic (exact) mass is 634 g/mol. The van der Waals surface area contributed by atoms with Crippen molar-refractivity contribution >= 4 is 40.7 Å². The summed E-state index contributed by atoms with van der Waals surface area (Å²) in [6.07, 6.45) is -1.79. The van der Waals surface area contributed by atoms with Crippen LogP contribution in [0.25, 0.3) is 0 Å². The van der Waals surface area contributed by atoms with Gasteiger partial charge in [0.2, 0.25) is 0 Å². The number of rotatable bonds is 10. The van der Waals surface area contributed by atoms with Gasteiger partial charge in [0, 0.05) is 30.6 Å². The molecule has 1 amide bonds. The Balaban J connectivity index is 1.53. The number of nitrogens with one attached hydrogen (secondary N) is 1. The summed E-state index contributed by atoms with van der Waals surface area (Å²) in [5.41, 5.74) is 4.32. The van der Waals surface area contributed by atoms with E-state index in [1.54, 1.807) is 0 Å². The first-order valence-corrected chi connectivity index (χ1v) is 15.0. The highest BCUT2D eigenvalue weighted by Crippen LogP contribution is 2.42. The summed E-state index contributed by atoms with van der Waals surface area (Å²) >= 11 is 16.9. The highest BCUT2D eigenvalue weighted by atomic mass is 35.6. The molecule has 0 aliphatic carbocycles. The van der Waals surface area contributed by atoms with Crippen molar-refractivity contribution in [1.29, 1.82) is 0 Å². The summed E-state index contributed by atoms with van der Waals surface area (Å²) in [6.45, 7) is 4.85. The molecule has 3 aromatic rings. The number of likely N-dealkylation sites (N-methyl/N-ethyl adjacent to an activating group) is 1. The number of alkyl halides is 3. The molecule has 1 aliphatic heterocycles. The summed E-state index contributed by atoms with van der Waals surface area (Å²) in [7, 11) is 1.99. The van der Waals surface area contributed by atoms with Gasteiger partial charge in [0.25, 0.3) is 9.70 Å². The minimum Gasteiger partial charge on any atom is -0.392 e. The summed E-state index contributed by atoms with van der Waals surface area (Å²) in [6, 6.07) is 24.8. The largest absolute Gasteiger partial charge is 0.392 e. The van der Waals surface area contributed by atoms with Crippen LogP contribution in [-0.2, 0) is 27.4 Å². The van der Waals surface area contributed by atoms with E-state index < -0.39 is 22.1 Å². The van der Waals surface area contributed by atoms with Gasteiger partial charge < -0.3 is 25.0 Å². The number of hydrogen-bond donors (Lipinski definition) is 3. The van der Waals surface area contributed by atoms with E-state index >= 15 is 0 Å². The maximum Gasteiger partial charge on any atom is 0.272 e. The number of ether oxygens (including phenoxy) is 2. The zero-order chi connectivity index (χ0) is 30.4. The smallest absolute Gasteiger partial charge is 0.272 e. The van der Waals surface area contributed by atoms with E-state index in [-0.39, 0.29) is 37.3 Å². The highest BCUT2D eigenvalue weighted by Gasteiger charge is 2.39. The number of nitrogens with zero attached hydrogens (tertiary/aromatic N) is 1. The Labute approximate surface area is 262 Å². The lowest BCUT2D eigenvalue weighted by molar-refractivity contribution is -0.276. The van der Waals surface area contributed by atoms with Crippen molar-refractivity contribution in [2.45, 2.75) is 61.4 Å². The predicted molar refractivity (Wildman–Crippen MR) is 165 cm³/mol. The minimum atomic E-state index is -2.03. The molecule has 1 aliphatic rings. The topological polar surface area (TPSA) is 91.3 Å². The number of carbonyl (C=O) groups excluding carboxylic acids is 1. The van der Waals surface area contributed by atoms with Gasteiger partial charge in [0.05, 0.1) is 24.9 Å². The number of aliphatic hydroxyl groups is 2. The number of aliphatic hydroxyl groups excluding tert-OH is 2. The van der Waals surface area contributed by atoms with Gasteiger partial charge in [-0.25, -0.2) is 0 Å². The lowest BCUT2D eigenvalue weighted by atomic mass is 9.89. The Morgan fingerprint density at radius 1 is 0.952 bits per heavy atom. The summed E-state index contributed by atoms with van der Waals surface area (Å²) in [5, 5.41) is 23.2. The van der Waals surface area contributed by atoms with Crippen LogP contribution >= 0.6 is 34.8 Å². The van der Waals surface area contributed by atoms with E-state index in [4.69, 9.17) is 44.3 Å². The number of amides is 1. The van der Waals surface area contributed by atoms with Crippen LogP contribution in [0.15, 0.2) is 78.9 Å². The maximum atomic E-state index is 11.9. The molecule has 3 N–H and O–H groups in total. The third-order valence-electron chi connectivity index (χ3n) is 7.85. The lowest BCUT2D eigenvalue weighted by Crippen LogP contribution is -2.46. The van der Waals surface area contributed by atoms with Crippen molar-refractivity contribution in [1.82, 2.24) is 10.2 Å². The molecule has 0 unspecified atom stereocenters. The molecular formula is C32H37Cl3N2O5. The molecule has 0 aromatic heterocycles. The fourth-order valence-electron chi connectivity index (χ4n) is 5.02. The molecule has 10 heteroatoms. The lowest BCUT2D eigenvalue weighted by Gasteiger charge is -2.43. The summed E-state index contributed by atoms with van der Waals surface area (Å²) in [4.78, 5) is 14.0. The number of carbonyl (C=O) groups is 1. The van der Waals surface area contributed by atoms with Crippen molar-refractivity contribution < 1.29 is 24.5 Å². The zero-order valence-electron chi connectivity index (χ0n) is 23.8. The van der Waals surface area contributed by atoms with E-state index in [9.17, 15) is 15.0 Å². The Morgan fingerprint density at radius 3 is 2.14 bits per heavy atom. The first kappa shape index (κ1) is 32.7. The molecule has 1 fully saturated rings. The highest BCUT2D eigenvalue weighted by molar-refractivity contribution is 6.76. The molecule has 0 radical (unpaired) electrons. The van der Waals surface area contributed by atoms with Gasteiger partial charge in [-0.2, -0.15) is 0 Å². The van der Waals surface area contributed by atoms with Crippen LogP contribution < -0.4 is 5.32 Å². The summed E-state index contributed by atoms with van der Waals surface area (Å²) in [5.74, 6) is -0.709. The Kier molecular flexibility index (Phi) is 11.3. The Bertz CT molecular complexity index is 1290. The Hall–Kier alpha value is -2.20. The molecule has 0 saturated carbocycles. The van der Waals surface area contributed by atoms with Crippen molar-refractivity contribution in [2.75, 3.05) is 13.6 Å². The van der Waals surface area contributed by atoms with Gasteiger partial charge in [0.1, 0.15) is 0 Å². The average Bonchev–Trinajstić information content (AvgIpc) is 3.00. The van der Waals surface area contributed by atoms with E-state index in [1.165, 1.54) is 0 Å². The Morgan fingerprint density at radius 2 is 1.55 bits per heavy atom. The zero-order valence-corrected chi connectivity index (χ0v) is 26.1. The van der Waals surface area contributed by atoms with Gasteiger partial charge in [-0.1, -0.05) is 121 Å². The van der Waals surface area contributed by atoms with Crippen LogP contribution in [0, 0.1) is 5.92 Å². The van der Waals surface area contributed by atoms with Crippen LogP contribution in [0.4, 0.5) is 0 Å². The maximum absolute atomic E-state index is 11.9. The second kappa shape index (κ2) is 14.5. The molecule has 42 heavy (non-hydrogen) atoms. The van der Waals surface area contributed by atoms with E-state index in [1.807, 2.05) is 92.8 Å². The van der Waals surface area contributed by atoms with Crippen LogP contribution in [0.2, 0.25) is 0 Å². The first-order chi connectivity index (χ1) is 20.0. The van der Waals surface area contributed by atoms with Crippen LogP contribution in [0.1, 0.15) is 60.2 Å². The molecule has 1 saturated heterocycles. The summed E-state index contributed by atoms with van der Waals surface area (Å²) < 4.78 is 11.1. The average molecular weight is 636 g/mol. The quantitative estimate of drug-likeness (QED) is 0.237. The second-order valence-corrected chi connectivity index (χ2v) is 13.1. The van der Waals surface area contributed by atoms with Gasteiger partial charge >= 0.3 is 0 Å². The number of benzene rings is 3. The third kappa shape index (κ3) is 8.24. The molecule has 6 atom stereocenters. The predicted octanol–water partition coefficient (Wildman–Crippen LogP) is 6.01. The molecule has 0 spiro atoms. The molecule has 3 aromatic carbocycles.